The maximum absolute atomic E-state index is 12.8. The maximum Gasteiger partial charge on any atom is 0.319 e. The second-order valence-electron chi connectivity index (χ2n) is 5.23. The van der Waals surface area contributed by atoms with Crippen LogP contribution in [0.15, 0.2) is 72.9 Å². The molecule has 1 aromatic heterocycles. The van der Waals surface area contributed by atoms with Crippen LogP contribution in [-0.2, 0) is 6.54 Å². The number of hydrogen-bond acceptors (Lipinski definition) is 3. The summed E-state index contributed by atoms with van der Waals surface area (Å²) in [5.74, 6) is 0.728. The molecule has 0 fully saturated rings. The maximum atomic E-state index is 12.8. The molecular formula is C19H16FN3O2. The fourth-order valence-electron chi connectivity index (χ4n) is 2.11. The molecule has 0 aliphatic carbocycles. The van der Waals surface area contributed by atoms with Gasteiger partial charge in [-0.05, 0) is 35.9 Å². The van der Waals surface area contributed by atoms with E-state index in [9.17, 15) is 9.18 Å². The number of hydrogen-bond donors (Lipinski definition) is 2. The molecule has 126 valence electrons. The minimum atomic E-state index is -0.374. The Bertz CT molecular complexity index is 839. The van der Waals surface area contributed by atoms with E-state index in [0.29, 0.717) is 23.9 Å². The second-order valence-corrected chi connectivity index (χ2v) is 5.23. The standard InChI is InChI=1S/C19H16FN3O2/c20-15-8-6-14(7-9-15)13-22-19(24)23-16-10-11-21-18(12-16)25-17-4-2-1-3-5-17/h1-12H,13H2,(H2,21,22,23,24). The normalized spacial score (nSPS) is 10.1. The summed E-state index contributed by atoms with van der Waals surface area (Å²) in [7, 11) is 0. The number of nitrogens with one attached hydrogen (secondary N) is 2. The van der Waals surface area contributed by atoms with Crippen LogP contribution in [0.1, 0.15) is 5.56 Å². The third kappa shape index (κ3) is 5.04. The van der Waals surface area contributed by atoms with Crippen molar-refractivity contribution in [2.24, 2.45) is 0 Å². The highest BCUT2D eigenvalue weighted by Gasteiger charge is 2.05. The molecule has 0 atom stereocenters. The van der Waals surface area contributed by atoms with E-state index in [0.717, 1.165) is 5.56 Å². The first-order valence-electron chi connectivity index (χ1n) is 7.67. The molecule has 1 heterocycles. The molecule has 0 spiro atoms. The van der Waals surface area contributed by atoms with Gasteiger partial charge in [0.2, 0.25) is 5.88 Å². The van der Waals surface area contributed by atoms with Gasteiger partial charge in [-0.3, -0.25) is 0 Å². The molecule has 0 unspecified atom stereocenters. The first kappa shape index (κ1) is 16.4. The molecule has 3 aromatic rings. The van der Waals surface area contributed by atoms with Crippen LogP contribution in [-0.4, -0.2) is 11.0 Å². The molecule has 0 saturated carbocycles. The van der Waals surface area contributed by atoms with E-state index in [1.807, 2.05) is 30.3 Å². The number of pyridine rings is 1. The average molecular weight is 337 g/mol. The first-order valence-corrected chi connectivity index (χ1v) is 7.67. The molecule has 0 aliphatic heterocycles. The van der Waals surface area contributed by atoms with E-state index in [-0.39, 0.29) is 11.8 Å². The van der Waals surface area contributed by atoms with Crippen LogP contribution in [0.5, 0.6) is 11.6 Å². The third-order valence-electron chi connectivity index (χ3n) is 3.32. The number of urea groups is 1. The van der Waals surface area contributed by atoms with Crippen molar-refractivity contribution in [2.45, 2.75) is 6.54 Å². The smallest absolute Gasteiger partial charge is 0.319 e. The summed E-state index contributed by atoms with van der Waals surface area (Å²) in [4.78, 5) is 16.1. The quantitative estimate of drug-likeness (QED) is 0.728. The van der Waals surface area contributed by atoms with Crippen molar-refractivity contribution in [2.75, 3.05) is 5.32 Å². The number of nitrogens with zero attached hydrogens (tertiary/aromatic N) is 1. The lowest BCUT2D eigenvalue weighted by Gasteiger charge is -2.09. The molecule has 3 rings (SSSR count). The number of ether oxygens (including phenoxy) is 1. The zero-order valence-electron chi connectivity index (χ0n) is 13.3. The summed E-state index contributed by atoms with van der Waals surface area (Å²) < 4.78 is 18.5. The number of anilines is 1. The van der Waals surface area contributed by atoms with Gasteiger partial charge < -0.3 is 15.4 Å². The molecular weight excluding hydrogens is 321 g/mol. The van der Waals surface area contributed by atoms with Gasteiger partial charge in [0.25, 0.3) is 0 Å². The summed E-state index contributed by atoms with van der Waals surface area (Å²) in [5, 5.41) is 5.41. The van der Waals surface area contributed by atoms with E-state index in [4.69, 9.17) is 4.74 Å². The van der Waals surface area contributed by atoms with Gasteiger partial charge in [-0.25, -0.2) is 14.2 Å². The number of para-hydroxylation sites is 1. The summed E-state index contributed by atoms with van der Waals surface area (Å²) in [6, 6.07) is 18.1. The number of carbonyl (C=O) groups excluding carboxylic acids is 1. The van der Waals surface area contributed by atoms with Gasteiger partial charge in [0.1, 0.15) is 11.6 Å². The number of amides is 2. The van der Waals surface area contributed by atoms with Gasteiger partial charge in [-0.15, -0.1) is 0 Å². The highest BCUT2D eigenvalue weighted by atomic mass is 19.1. The number of halogens is 1. The van der Waals surface area contributed by atoms with Crippen molar-refractivity contribution in [3.05, 3.63) is 84.3 Å². The lowest BCUT2D eigenvalue weighted by Crippen LogP contribution is -2.28. The van der Waals surface area contributed by atoms with Gasteiger partial charge in [0.15, 0.2) is 0 Å². The third-order valence-corrected chi connectivity index (χ3v) is 3.32. The van der Waals surface area contributed by atoms with Crippen molar-refractivity contribution in [3.8, 4) is 11.6 Å². The molecule has 2 amide bonds. The largest absolute Gasteiger partial charge is 0.439 e. The van der Waals surface area contributed by atoms with Crippen molar-refractivity contribution in [1.29, 1.82) is 0 Å². The van der Waals surface area contributed by atoms with Gasteiger partial charge in [0, 0.05) is 24.5 Å². The highest BCUT2D eigenvalue weighted by Crippen LogP contribution is 2.21. The Morgan fingerprint density at radius 3 is 2.56 bits per heavy atom. The number of benzene rings is 2. The second kappa shape index (κ2) is 7.92. The van der Waals surface area contributed by atoms with E-state index in [1.165, 1.54) is 12.1 Å². The Labute approximate surface area is 144 Å². The van der Waals surface area contributed by atoms with E-state index >= 15 is 0 Å². The zero-order valence-corrected chi connectivity index (χ0v) is 13.3. The van der Waals surface area contributed by atoms with Crippen LogP contribution < -0.4 is 15.4 Å². The minimum absolute atomic E-state index is 0.296. The van der Waals surface area contributed by atoms with Crippen molar-refractivity contribution >= 4 is 11.7 Å². The number of carbonyl (C=O) groups is 1. The molecule has 0 radical (unpaired) electrons. The molecule has 0 aliphatic rings. The lowest BCUT2D eigenvalue weighted by molar-refractivity contribution is 0.251. The number of aromatic nitrogens is 1. The van der Waals surface area contributed by atoms with Crippen molar-refractivity contribution in [3.63, 3.8) is 0 Å². The van der Waals surface area contributed by atoms with E-state index < -0.39 is 0 Å². The van der Waals surface area contributed by atoms with Crippen molar-refractivity contribution < 1.29 is 13.9 Å². The predicted octanol–water partition coefficient (Wildman–Crippen LogP) is 4.33. The summed E-state index contributed by atoms with van der Waals surface area (Å²) in [6.45, 7) is 0.296. The Balaban J connectivity index is 1.56. The van der Waals surface area contributed by atoms with Gasteiger partial charge in [-0.2, -0.15) is 0 Å². The molecule has 2 aromatic carbocycles. The van der Waals surface area contributed by atoms with Crippen LogP contribution in [0.25, 0.3) is 0 Å². The van der Waals surface area contributed by atoms with Crippen LogP contribution in [0.2, 0.25) is 0 Å². The van der Waals surface area contributed by atoms with Crippen LogP contribution in [0, 0.1) is 5.82 Å². The van der Waals surface area contributed by atoms with Gasteiger partial charge in [-0.1, -0.05) is 30.3 Å². The average Bonchev–Trinajstić information content (AvgIpc) is 2.62. The number of rotatable bonds is 5. The van der Waals surface area contributed by atoms with E-state index in [2.05, 4.69) is 15.6 Å². The summed E-state index contributed by atoms with van der Waals surface area (Å²) in [6.07, 6.45) is 1.55. The predicted molar refractivity (Wildman–Crippen MR) is 93.0 cm³/mol. The van der Waals surface area contributed by atoms with Crippen molar-refractivity contribution in [1.82, 2.24) is 10.3 Å². The SMILES string of the molecule is O=C(NCc1ccc(F)cc1)Nc1ccnc(Oc2ccccc2)c1. The fraction of sp³-hybridized carbons (Fsp3) is 0.0526. The lowest BCUT2D eigenvalue weighted by atomic mass is 10.2. The molecule has 0 bridgehead atoms. The Morgan fingerprint density at radius 1 is 1.04 bits per heavy atom. The van der Waals surface area contributed by atoms with Crippen LogP contribution in [0.3, 0.4) is 0 Å². The first-order chi connectivity index (χ1) is 12.2. The Kier molecular flexibility index (Phi) is 5.21. The molecule has 6 heteroatoms. The monoisotopic (exact) mass is 337 g/mol. The highest BCUT2D eigenvalue weighted by molar-refractivity contribution is 5.89. The molecule has 0 saturated heterocycles. The minimum Gasteiger partial charge on any atom is -0.439 e. The zero-order chi connectivity index (χ0) is 17.5. The molecule has 25 heavy (non-hydrogen) atoms. The Hall–Kier alpha value is -3.41. The fourth-order valence-corrected chi connectivity index (χ4v) is 2.11. The molecule has 2 N–H and O–H groups in total. The summed E-state index contributed by atoms with van der Waals surface area (Å²) in [5.41, 5.74) is 1.36. The molecule has 5 nitrogen and oxygen atoms in total. The topological polar surface area (TPSA) is 63.2 Å². The summed E-state index contributed by atoms with van der Waals surface area (Å²) >= 11 is 0. The van der Waals surface area contributed by atoms with Gasteiger partial charge >= 0.3 is 6.03 Å². The van der Waals surface area contributed by atoms with Crippen LogP contribution >= 0.6 is 0 Å². The van der Waals surface area contributed by atoms with E-state index in [1.54, 1.807) is 30.5 Å². The Morgan fingerprint density at radius 2 is 1.80 bits per heavy atom. The van der Waals surface area contributed by atoms with Crippen LogP contribution in [0.4, 0.5) is 14.9 Å². The van der Waals surface area contributed by atoms with Gasteiger partial charge in [0.05, 0.1) is 0 Å².